The highest BCUT2D eigenvalue weighted by atomic mass is 16.7. The van der Waals surface area contributed by atoms with Crippen LogP contribution in [0.2, 0.25) is 0 Å². The Labute approximate surface area is 188 Å². The van der Waals surface area contributed by atoms with Crippen molar-refractivity contribution in [3.05, 3.63) is 79.1 Å². The fraction of sp³-hybridized carbons (Fsp3) is 0.214. The Morgan fingerprint density at radius 2 is 1.28 bits per heavy atom. The number of benzene rings is 4. The van der Waals surface area contributed by atoms with Gasteiger partial charge in [-0.05, 0) is 78.6 Å². The second-order valence-corrected chi connectivity index (χ2v) is 9.72. The zero-order chi connectivity index (χ0) is 22.1. The Morgan fingerprint density at radius 1 is 0.656 bits per heavy atom. The number of fused-ring (bicyclic) bond motifs is 4. The first-order chi connectivity index (χ1) is 15.3. The molecular weight excluding hydrogens is 395 g/mol. The van der Waals surface area contributed by atoms with Crippen LogP contribution < -0.4 is 5.46 Å². The zero-order valence-electron chi connectivity index (χ0n) is 18.8. The van der Waals surface area contributed by atoms with Crippen LogP contribution >= 0.6 is 0 Å². The largest absolute Gasteiger partial charge is 0.498 e. The topological polar surface area (TPSA) is 31.6 Å². The zero-order valence-corrected chi connectivity index (χ0v) is 18.8. The van der Waals surface area contributed by atoms with Crippen LogP contribution in [0, 0.1) is 0 Å². The fourth-order valence-corrected chi connectivity index (χ4v) is 4.58. The summed E-state index contributed by atoms with van der Waals surface area (Å²) in [6, 6.07) is 25.9. The van der Waals surface area contributed by atoms with Gasteiger partial charge >= 0.3 is 7.12 Å². The Hall–Kier alpha value is -3.08. The van der Waals surface area contributed by atoms with E-state index >= 15 is 0 Å². The lowest BCUT2D eigenvalue weighted by Gasteiger charge is -2.32. The van der Waals surface area contributed by atoms with Gasteiger partial charge in [0, 0.05) is 10.8 Å². The van der Waals surface area contributed by atoms with E-state index < -0.39 is 18.3 Å². The lowest BCUT2D eigenvalue weighted by Crippen LogP contribution is -2.41. The molecule has 0 atom stereocenters. The molecule has 4 heteroatoms. The minimum atomic E-state index is -0.452. The summed E-state index contributed by atoms with van der Waals surface area (Å²) in [7, 11) is -0.452. The molecule has 1 aromatic heterocycles. The van der Waals surface area contributed by atoms with Crippen molar-refractivity contribution in [3.8, 4) is 11.1 Å². The maximum absolute atomic E-state index is 6.32. The Bertz CT molecular complexity index is 1480. The van der Waals surface area contributed by atoms with Crippen LogP contribution in [0.25, 0.3) is 43.6 Å². The molecule has 5 aromatic rings. The fourth-order valence-electron chi connectivity index (χ4n) is 4.58. The van der Waals surface area contributed by atoms with Gasteiger partial charge in [0.2, 0.25) is 0 Å². The van der Waals surface area contributed by atoms with E-state index in [-0.39, 0.29) is 0 Å². The van der Waals surface area contributed by atoms with E-state index in [1.54, 1.807) is 6.26 Å². The second kappa shape index (κ2) is 6.71. The molecule has 0 saturated carbocycles. The number of hydrogen-bond donors (Lipinski definition) is 0. The van der Waals surface area contributed by atoms with Gasteiger partial charge in [-0.2, -0.15) is 0 Å². The maximum atomic E-state index is 6.32. The molecule has 32 heavy (non-hydrogen) atoms. The van der Waals surface area contributed by atoms with Crippen molar-refractivity contribution in [2.75, 3.05) is 0 Å². The van der Waals surface area contributed by atoms with Crippen molar-refractivity contribution >= 4 is 45.1 Å². The van der Waals surface area contributed by atoms with Gasteiger partial charge in [-0.15, -0.1) is 0 Å². The van der Waals surface area contributed by atoms with E-state index in [9.17, 15) is 0 Å². The van der Waals surface area contributed by atoms with Crippen LogP contribution in [-0.2, 0) is 9.31 Å². The van der Waals surface area contributed by atoms with Gasteiger partial charge in [0.05, 0.1) is 17.5 Å². The molecule has 1 saturated heterocycles. The third-order valence-electron chi connectivity index (χ3n) is 7.17. The average molecular weight is 420 g/mol. The van der Waals surface area contributed by atoms with Crippen LogP contribution in [0.15, 0.2) is 83.5 Å². The van der Waals surface area contributed by atoms with Crippen molar-refractivity contribution < 1.29 is 13.7 Å². The van der Waals surface area contributed by atoms with Gasteiger partial charge in [0.25, 0.3) is 0 Å². The first kappa shape index (κ1) is 19.6. The summed E-state index contributed by atoms with van der Waals surface area (Å²) >= 11 is 0. The summed E-state index contributed by atoms with van der Waals surface area (Å²) in [5.41, 5.74) is 3.42. The van der Waals surface area contributed by atoms with Gasteiger partial charge < -0.3 is 13.7 Å². The molecule has 6 rings (SSSR count). The molecule has 0 bridgehead atoms. The quantitative estimate of drug-likeness (QED) is 0.298. The molecule has 158 valence electrons. The van der Waals surface area contributed by atoms with E-state index in [4.69, 9.17) is 13.7 Å². The standard InChI is InChI=1S/C28H25BO3/c1-27(2)28(3,4)32-29(31-27)24-17-30-25-14-12-22-16-21(11-13-23(22)26(24)25)20-10-9-18-7-5-6-8-19(18)15-20/h5-17H,1-4H3. The minimum absolute atomic E-state index is 0.394. The van der Waals surface area contributed by atoms with Crippen LogP contribution in [-0.4, -0.2) is 18.3 Å². The molecule has 0 radical (unpaired) electrons. The highest BCUT2D eigenvalue weighted by molar-refractivity contribution is 6.66. The lowest BCUT2D eigenvalue weighted by atomic mass is 9.78. The highest BCUT2D eigenvalue weighted by Gasteiger charge is 2.52. The van der Waals surface area contributed by atoms with Gasteiger partial charge in [-0.1, -0.05) is 54.6 Å². The van der Waals surface area contributed by atoms with E-state index in [2.05, 4.69) is 94.4 Å². The summed E-state index contributed by atoms with van der Waals surface area (Å²) in [5, 5.41) is 5.88. The third kappa shape index (κ3) is 2.91. The molecule has 3 nitrogen and oxygen atoms in total. The molecule has 1 aliphatic rings. The Kier molecular flexibility index (Phi) is 4.11. The SMILES string of the molecule is CC1(C)OB(c2coc3ccc4cc(-c5ccc6ccccc6c5)ccc4c23)OC1(C)C. The molecular formula is C28H25BO3. The predicted molar refractivity (Wildman–Crippen MR) is 132 cm³/mol. The molecule has 0 unspecified atom stereocenters. The van der Waals surface area contributed by atoms with Gasteiger partial charge in [-0.25, -0.2) is 0 Å². The van der Waals surface area contributed by atoms with Gasteiger partial charge in [-0.3, -0.25) is 0 Å². The summed E-state index contributed by atoms with van der Waals surface area (Å²) < 4.78 is 18.5. The van der Waals surface area contributed by atoms with Crippen LogP contribution in [0.5, 0.6) is 0 Å². The van der Waals surface area contributed by atoms with Crippen molar-refractivity contribution in [1.82, 2.24) is 0 Å². The first-order valence-corrected chi connectivity index (χ1v) is 11.1. The van der Waals surface area contributed by atoms with Crippen molar-refractivity contribution in [1.29, 1.82) is 0 Å². The van der Waals surface area contributed by atoms with Crippen molar-refractivity contribution in [2.45, 2.75) is 38.9 Å². The summed E-state index contributed by atoms with van der Waals surface area (Å²) in [6.45, 7) is 8.29. The molecule has 4 aromatic carbocycles. The number of furan rings is 1. The second-order valence-electron chi connectivity index (χ2n) is 9.72. The van der Waals surface area contributed by atoms with E-state index in [1.807, 2.05) is 6.07 Å². The van der Waals surface area contributed by atoms with Crippen LogP contribution in [0.3, 0.4) is 0 Å². The molecule has 0 amide bonds. The first-order valence-electron chi connectivity index (χ1n) is 11.1. The van der Waals surface area contributed by atoms with Gasteiger partial charge in [0.15, 0.2) is 0 Å². The molecule has 1 aliphatic heterocycles. The molecule has 0 spiro atoms. The number of rotatable bonds is 2. The van der Waals surface area contributed by atoms with E-state index in [0.717, 1.165) is 21.8 Å². The minimum Gasteiger partial charge on any atom is -0.465 e. The van der Waals surface area contributed by atoms with E-state index in [0.29, 0.717) is 0 Å². The third-order valence-corrected chi connectivity index (χ3v) is 7.17. The highest BCUT2D eigenvalue weighted by Crippen LogP contribution is 2.38. The lowest BCUT2D eigenvalue weighted by molar-refractivity contribution is 0.00578. The van der Waals surface area contributed by atoms with Crippen molar-refractivity contribution in [2.24, 2.45) is 0 Å². The van der Waals surface area contributed by atoms with Gasteiger partial charge in [0.1, 0.15) is 5.58 Å². The number of hydrogen-bond acceptors (Lipinski definition) is 3. The van der Waals surface area contributed by atoms with Crippen LogP contribution in [0.1, 0.15) is 27.7 Å². The summed E-state index contributed by atoms with van der Waals surface area (Å²) in [4.78, 5) is 0. The molecule has 0 N–H and O–H groups in total. The van der Waals surface area contributed by atoms with E-state index in [1.165, 1.54) is 27.3 Å². The van der Waals surface area contributed by atoms with Crippen LogP contribution in [0.4, 0.5) is 0 Å². The van der Waals surface area contributed by atoms with Crippen molar-refractivity contribution in [3.63, 3.8) is 0 Å². The monoisotopic (exact) mass is 420 g/mol. The Balaban J connectivity index is 1.47. The average Bonchev–Trinajstić information content (AvgIpc) is 3.30. The normalized spacial score (nSPS) is 17.6. The molecule has 1 fully saturated rings. The smallest absolute Gasteiger partial charge is 0.465 e. The maximum Gasteiger partial charge on any atom is 0.498 e. The summed E-state index contributed by atoms with van der Waals surface area (Å²) in [5.74, 6) is 0. The summed E-state index contributed by atoms with van der Waals surface area (Å²) in [6.07, 6.45) is 1.78. The Morgan fingerprint density at radius 3 is 2.03 bits per heavy atom. The molecule has 2 heterocycles. The molecule has 0 aliphatic carbocycles. The predicted octanol–water partition coefficient (Wildman–Crippen LogP) is 6.71.